The van der Waals surface area contributed by atoms with Gasteiger partial charge in [-0.3, -0.25) is 9.59 Å². The molecule has 1 saturated heterocycles. The van der Waals surface area contributed by atoms with E-state index in [-0.39, 0.29) is 11.8 Å². The van der Waals surface area contributed by atoms with Gasteiger partial charge < -0.3 is 15.7 Å². The van der Waals surface area contributed by atoms with E-state index in [9.17, 15) is 14.7 Å². The molecule has 92 valence electrons. The Kier molecular flexibility index (Phi) is 4.29. The van der Waals surface area contributed by atoms with Crippen molar-refractivity contribution in [2.24, 2.45) is 11.7 Å². The number of carbonyl (C=O) groups is 2. The minimum atomic E-state index is -0.857. The van der Waals surface area contributed by atoms with E-state index in [2.05, 4.69) is 0 Å². The van der Waals surface area contributed by atoms with Crippen LogP contribution in [0.15, 0.2) is 0 Å². The second-order valence-electron chi connectivity index (χ2n) is 4.29. The topological polar surface area (TPSA) is 83.6 Å². The Bertz CT molecular complexity index is 280. The van der Waals surface area contributed by atoms with Crippen LogP contribution in [0.25, 0.3) is 0 Å². The van der Waals surface area contributed by atoms with E-state index in [4.69, 9.17) is 5.73 Å². The first kappa shape index (κ1) is 13.0. The van der Waals surface area contributed by atoms with Crippen LogP contribution in [-0.4, -0.2) is 34.1 Å². The largest absolute Gasteiger partial charge is 0.373 e. The Labute approximate surface area is 95.6 Å². The highest BCUT2D eigenvalue weighted by Gasteiger charge is 2.42. The number of amides is 2. The summed E-state index contributed by atoms with van der Waals surface area (Å²) in [6.07, 6.45) is 1.61. The van der Waals surface area contributed by atoms with Gasteiger partial charge in [0.1, 0.15) is 12.3 Å². The lowest BCUT2D eigenvalue weighted by atomic mass is 10.0. The highest BCUT2D eigenvalue weighted by atomic mass is 16.3. The zero-order valence-electron chi connectivity index (χ0n) is 9.85. The molecular formula is C11H20N2O3. The second-order valence-corrected chi connectivity index (χ2v) is 4.29. The smallest absolute Gasteiger partial charge is 0.240 e. The van der Waals surface area contributed by atoms with Crippen LogP contribution in [0, 0.1) is 5.92 Å². The van der Waals surface area contributed by atoms with Crippen molar-refractivity contribution in [3.8, 4) is 0 Å². The fourth-order valence-electron chi connectivity index (χ4n) is 2.32. The van der Waals surface area contributed by atoms with Gasteiger partial charge in [-0.2, -0.15) is 0 Å². The van der Waals surface area contributed by atoms with Crippen LogP contribution in [0.5, 0.6) is 0 Å². The Balaban J connectivity index is 2.80. The molecule has 0 aromatic rings. The number of nitrogens with two attached hydrogens (primary N) is 1. The number of primary amides is 1. The summed E-state index contributed by atoms with van der Waals surface area (Å²) in [4.78, 5) is 24.2. The summed E-state index contributed by atoms with van der Waals surface area (Å²) in [5.74, 6) is -0.783. The predicted octanol–water partition coefficient (Wildman–Crippen LogP) is 0.217. The standard InChI is InChI=1S/C11H20N2O3/c1-3-5-7-6-9(14)13(11(7)16)8(4-2)10(12)15/h7-8,11,16H,3-6H2,1-2H3,(H2,12,15)/t7-,8?,11?/m1/s1. The van der Waals surface area contributed by atoms with Gasteiger partial charge >= 0.3 is 0 Å². The lowest BCUT2D eigenvalue weighted by Crippen LogP contribution is -2.49. The van der Waals surface area contributed by atoms with E-state index in [0.717, 1.165) is 12.8 Å². The molecule has 1 heterocycles. The fraction of sp³-hybridized carbons (Fsp3) is 0.818. The van der Waals surface area contributed by atoms with Gasteiger partial charge in [-0.25, -0.2) is 0 Å². The van der Waals surface area contributed by atoms with Crippen molar-refractivity contribution < 1.29 is 14.7 Å². The van der Waals surface area contributed by atoms with E-state index < -0.39 is 18.2 Å². The third kappa shape index (κ3) is 2.35. The molecule has 3 N–H and O–H groups in total. The maximum absolute atomic E-state index is 11.7. The van der Waals surface area contributed by atoms with Gasteiger partial charge in [-0.1, -0.05) is 20.3 Å². The van der Waals surface area contributed by atoms with Gasteiger partial charge in [0.05, 0.1) is 0 Å². The molecule has 0 aromatic heterocycles. The van der Waals surface area contributed by atoms with Crippen LogP contribution in [0.3, 0.4) is 0 Å². The molecule has 16 heavy (non-hydrogen) atoms. The zero-order valence-corrected chi connectivity index (χ0v) is 9.85. The molecule has 0 aliphatic carbocycles. The molecule has 3 atom stereocenters. The van der Waals surface area contributed by atoms with Gasteiger partial charge in [-0.05, 0) is 12.8 Å². The number of aliphatic hydroxyl groups excluding tert-OH is 1. The molecular weight excluding hydrogens is 208 g/mol. The zero-order chi connectivity index (χ0) is 12.3. The molecule has 2 unspecified atom stereocenters. The van der Waals surface area contributed by atoms with Crippen molar-refractivity contribution >= 4 is 11.8 Å². The summed E-state index contributed by atoms with van der Waals surface area (Å²) < 4.78 is 0. The van der Waals surface area contributed by atoms with E-state index in [1.54, 1.807) is 6.92 Å². The van der Waals surface area contributed by atoms with Crippen molar-refractivity contribution in [2.45, 2.75) is 51.8 Å². The van der Waals surface area contributed by atoms with Crippen LogP contribution in [-0.2, 0) is 9.59 Å². The molecule has 1 rings (SSSR count). The first-order valence-electron chi connectivity index (χ1n) is 5.81. The summed E-state index contributed by atoms with van der Waals surface area (Å²) in [5, 5.41) is 10.00. The maximum Gasteiger partial charge on any atom is 0.240 e. The van der Waals surface area contributed by atoms with E-state index in [0.29, 0.717) is 12.8 Å². The average Bonchev–Trinajstić information content (AvgIpc) is 2.47. The predicted molar refractivity (Wildman–Crippen MR) is 59.1 cm³/mol. The molecule has 0 radical (unpaired) electrons. The molecule has 1 aliphatic rings. The van der Waals surface area contributed by atoms with Crippen molar-refractivity contribution in [1.82, 2.24) is 4.90 Å². The summed E-state index contributed by atoms with van der Waals surface area (Å²) in [5.41, 5.74) is 5.23. The van der Waals surface area contributed by atoms with Crippen LogP contribution < -0.4 is 5.73 Å². The van der Waals surface area contributed by atoms with E-state index in [1.165, 1.54) is 4.90 Å². The number of hydrogen-bond acceptors (Lipinski definition) is 3. The van der Waals surface area contributed by atoms with E-state index in [1.807, 2.05) is 6.92 Å². The van der Waals surface area contributed by atoms with Crippen molar-refractivity contribution in [3.05, 3.63) is 0 Å². The second kappa shape index (κ2) is 5.30. The van der Waals surface area contributed by atoms with Gasteiger partial charge in [-0.15, -0.1) is 0 Å². The van der Waals surface area contributed by atoms with Crippen LogP contribution in [0.2, 0.25) is 0 Å². The van der Waals surface area contributed by atoms with Crippen molar-refractivity contribution in [3.63, 3.8) is 0 Å². The molecule has 5 nitrogen and oxygen atoms in total. The lowest BCUT2D eigenvalue weighted by Gasteiger charge is -2.29. The minimum Gasteiger partial charge on any atom is -0.373 e. The summed E-state index contributed by atoms with van der Waals surface area (Å²) >= 11 is 0. The normalized spacial score (nSPS) is 27.2. The monoisotopic (exact) mass is 228 g/mol. The average molecular weight is 228 g/mol. The third-order valence-electron chi connectivity index (χ3n) is 3.14. The summed E-state index contributed by atoms with van der Waals surface area (Å²) in [6.45, 7) is 3.79. The van der Waals surface area contributed by atoms with Gasteiger partial charge in [0.2, 0.25) is 11.8 Å². The molecule has 2 amide bonds. The lowest BCUT2D eigenvalue weighted by molar-refractivity contribution is -0.144. The quantitative estimate of drug-likeness (QED) is 0.706. The number of likely N-dealkylation sites (tertiary alicyclic amines) is 1. The Morgan fingerprint density at radius 3 is 2.69 bits per heavy atom. The SMILES string of the molecule is CCC[C@@H]1CC(=O)N(C(CC)C(N)=O)C1O. The van der Waals surface area contributed by atoms with Gasteiger partial charge in [0, 0.05) is 12.3 Å². The first-order chi connectivity index (χ1) is 7.52. The fourth-order valence-corrected chi connectivity index (χ4v) is 2.32. The molecule has 0 saturated carbocycles. The summed E-state index contributed by atoms with van der Waals surface area (Å²) in [6, 6.07) is -0.677. The number of aliphatic hydroxyl groups is 1. The Morgan fingerprint density at radius 1 is 1.62 bits per heavy atom. The minimum absolute atomic E-state index is 0.0640. The molecule has 0 spiro atoms. The van der Waals surface area contributed by atoms with Gasteiger partial charge in [0.15, 0.2) is 0 Å². The van der Waals surface area contributed by atoms with Crippen LogP contribution in [0.1, 0.15) is 39.5 Å². The van der Waals surface area contributed by atoms with E-state index >= 15 is 0 Å². The van der Waals surface area contributed by atoms with Crippen molar-refractivity contribution in [2.75, 3.05) is 0 Å². The highest BCUT2D eigenvalue weighted by Crippen LogP contribution is 2.30. The maximum atomic E-state index is 11.7. The Hall–Kier alpha value is -1.10. The number of hydrogen-bond donors (Lipinski definition) is 2. The molecule has 0 bridgehead atoms. The van der Waals surface area contributed by atoms with Gasteiger partial charge in [0.25, 0.3) is 0 Å². The molecule has 1 fully saturated rings. The van der Waals surface area contributed by atoms with Crippen LogP contribution >= 0.6 is 0 Å². The summed E-state index contributed by atoms with van der Waals surface area (Å²) in [7, 11) is 0. The first-order valence-corrected chi connectivity index (χ1v) is 5.81. The number of nitrogens with zero attached hydrogens (tertiary/aromatic N) is 1. The molecule has 1 aliphatic heterocycles. The third-order valence-corrected chi connectivity index (χ3v) is 3.14. The molecule has 0 aromatic carbocycles. The molecule has 5 heteroatoms. The number of carbonyl (C=O) groups excluding carboxylic acids is 2. The van der Waals surface area contributed by atoms with Crippen LogP contribution in [0.4, 0.5) is 0 Å². The Morgan fingerprint density at radius 2 is 2.25 bits per heavy atom. The van der Waals surface area contributed by atoms with Crippen molar-refractivity contribution in [1.29, 1.82) is 0 Å². The highest BCUT2D eigenvalue weighted by molar-refractivity contribution is 5.88. The number of rotatable bonds is 5.